The summed E-state index contributed by atoms with van der Waals surface area (Å²) in [4.78, 5) is 15.9. The second kappa shape index (κ2) is 8.51. The van der Waals surface area contributed by atoms with Crippen LogP contribution in [0.5, 0.6) is 0 Å². The number of amides is 1. The quantitative estimate of drug-likeness (QED) is 0.726. The summed E-state index contributed by atoms with van der Waals surface area (Å²) >= 11 is 5.83. The maximum atomic E-state index is 11.6. The van der Waals surface area contributed by atoms with Crippen molar-refractivity contribution in [1.29, 1.82) is 0 Å². The maximum Gasteiger partial charge on any atom is 0.227 e. The van der Waals surface area contributed by atoms with E-state index in [-0.39, 0.29) is 5.91 Å². The molecule has 0 fully saturated rings. The summed E-state index contributed by atoms with van der Waals surface area (Å²) in [6.07, 6.45) is 2.55. The van der Waals surface area contributed by atoms with E-state index in [2.05, 4.69) is 15.5 Å². The number of aryl methyl sites for hydroxylation is 1. The van der Waals surface area contributed by atoms with Crippen LogP contribution in [0.2, 0.25) is 5.02 Å². The summed E-state index contributed by atoms with van der Waals surface area (Å²) < 4.78 is 5.15. The van der Waals surface area contributed by atoms with Crippen LogP contribution in [-0.4, -0.2) is 29.1 Å². The van der Waals surface area contributed by atoms with E-state index in [1.165, 1.54) is 0 Å². The zero-order chi connectivity index (χ0) is 15.8. The molecule has 118 valence electrons. The number of carbonyl (C=O) groups excluding carboxylic acids is 1. The molecule has 1 aromatic carbocycles. The smallest absolute Gasteiger partial charge is 0.227 e. The molecule has 0 atom stereocenters. The lowest BCUT2D eigenvalue weighted by atomic mass is 10.2. The Hall–Kier alpha value is -1.92. The molecule has 0 saturated carbocycles. The molecule has 2 aromatic rings. The molecule has 0 unspecified atom stereocenters. The van der Waals surface area contributed by atoms with Crippen LogP contribution in [0.3, 0.4) is 0 Å². The molecular weight excluding hydrogens is 304 g/mol. The van der Waals surface area contributed by atoms with E-state index >= 15 is 0 Å². The molecule has 0 aliphatic rings. The van der Waals surface area contributed by atoms with Crippen molar-refractivity contribution in [2.24, 2.45) is 5.73 Å². The van der Waals surface area contributed by atoms with Crippen molar-refractivity contribution in [3.05, 3.63) is 35.2 Å². The van der Waals surface area contributed by atoms with Crippen molar-refractivity contribution >= 4 is 17.5 Å². The van der Waals surface area contributed by atoms with Gasteiger partial charge in [0.05, 0.1) is 0 Å². The van der Waals surface area contributed by atoms with Crippen molar-refractivity contribution < 1.29 is 9.32 Å². The van der Waals surface area contributed by atoms with E-state index in [0.29, 0.717) is 42.7 Å². The Labute approximate surface area is 134 Å². The molecule has 0 spiro atoms. The minimum atomic E-state index is -0.0248. The van der Waals surface area contributed by atoms with Crippen LogP contribution in [0.1, 0.15) is 25.2 Å². The summed E-state index contributed by atoms with van der Waals surface area (Å²) in [5.41, 5.74) is 6.22. The maximum absolute atomic E-state index is 11.6. The normalized spacial score (nSPS) is 10.6. The first kappa shape index (κ1) is 16.5. The standard InChI is InChI=1S/C15H19ClN4O2/c16-12-5-3-11(4-6-12)15-19-14(22-20-15)8-7-13(21)18-10-2-1-9-17/h3-6H,1-2,7-10,17H2,(H,18,21). The molecule has 1 aromatic heterocycles. The molecule has 0 bridgehead atoms. The van der Waals surface area contributed by atoms with Gasteiger partial charge in [-0.25, -0.2) is 0 Å². The number of halogens is 1. The highest BCUT2D eigenvalue weighted by atomic mass is 35.5. The predicted octanol–water partition coefficient (Wildman–Crippen LogP) is 2.18. The van der Waals surface area contributed by atoms with Gasteiger partial charge in [-0.1, -0.05) is 16.8 Å². The van der Waals surface area contributed by atoms with Crippen molar-refractivity contribution in [3.8, 4) is 11.4 Å². The molecule has 22 heavy (non-hydrogen) atoms. The SMILES string of the molecule is NCCCCNC(=O)CCc1nc(-c2ccc(Cl)cc2)no1. The molecule has 0 aliphatic heterocycles. The Morgan fingerprint density at radius 2 is 2.05 bits per heavy atom. The number of nitrogens with zero attached hydrogens (tertiary/aromatic N) is 2. The monoisotopic (exact) mass is 322 g/mol. The second-order valence-electron chi connectivity index (χ2n) is 4.86. The highest BCUT2D eigenvalue weighted by Gasteiger charge is 2.10. The first-order chi connectivity index (χ1) is 10.7. The zero-order valence-corrected chi connectivity index (χ0v) is 13.0. The summed E-state index contributed by atoms with van der Waals surface area (Å²) in [7, 11) is 0. The topological polar surface area (TPSA) is 94.0 Å². The third-order valence-electron chi connectivity index (χ3n) is 3.09. The predicted molar refractivity (Wildman–Crippen MR) is 84.4 cm³/mol. The summed E-state index contributed by atoms with van der Waals surface area (Å²) in [5, 5.41) is 7.39. The Morgan fingerprint density at radius 3 is 2.77 bits per heavy atom. The molecule has 3 N–H and O–H groups in total. The first-order valence-corrected chi connectivity index (χ1v) is 7.62. The fourth-order valence-electron chi connectivity index (χ4n) is 1.88. The van der Waals surface area contributed by atoms with Gasteiger partial charge in [-0.05, 0) is 43.7 Å². The summed E-state index contributed by atoms with van der Waals surface area (Å²) in [6.45, 7) is 1.29. The van der Waals surface area contributed by atoms with Crippen LogP contribution in [0.4, 0.5) is 0 Å². The second-order valence-corrected chi connectivity index (χ2v) is 5.30. The van der Waals surface area contributed by atoms with Gasteiger partial charge in [0.25, 0.3) is 0 Å². The lowest BCUT2D eigenvalue weighted by molar-refractivity contribution is -0.121. The average Bonchev–Trinajstić information content (AvgIpc) is 2.99. The molecular formula is C15H19ClN4O2. The fraction of sp³-hybridized carbons (Fsp3) is 0.400. The molecule has 0 aliphatic carbocycles. The van der Waals surface area contributed by atoms with Gasteiger partial charge in [0, 0.05) is 30.0 Å². The minimum Gasteiger partial charge on any atom is -0.356 e. The largest absolute Gasteiger partial charge is 0.356 e. The molecule has 7 heteroatoms. The van der Waals surface area contributed by atoms with Crippen LogP contribution in [-0.2, 0) is 11.2 Å². The number of rotatable bonds is 8. The minimum absolute atomic E-state index is 0.0248. The average molecular weight is 323 g/mol. The molecule has 1 heterocycles. The van der Waals surface area contributed by atoms with Gasteiger partial charge in [-0.3, -0.25) is 4.79 Å². The van der Waals surface area contributed by atoms with Crippen LogP contribution >= 0.6 is 11.6 Å². The van der Waals surface area contributed by atoms with Gasteiger partial charge in [0.2, 0.25) is 17.6 Å². The lowest BCUT2D eigenvalue weighted by Gasteiger charge is -2.02. The van der Waals surface area contributed by atoms with Gasteiger partial charge in [0.1, 0.15) is 0 Å². The highest BCUT2D eigenvalue weighted by Crippen LogP contribution is 2.18. The number of benzene rings is 1. The summed E-state index contributed by atoms with van der Waals surface area (Å²) in [5.74, 6) is 0.917. The summed E-state index contributed by atoms with van der Waals surface area (Å²) in [6, 6.07) is 7.17. The van der Waals surface area contributed by atoms with Crippen LogP contribution < -0.4 is 11.1 Å². The Morgan fingerprint density at radius 1 is 1.27 bits per heavy atom. The molecule has 6 nitrogen and oxygen atoms in total. The molecule has 2 rings (SSSR count). The molecule has 0 radical (unpaired) electrons. The van der Waals surface area contributed by atoms with Crippen LogP contribution in [0.15, 0.2) is 28.8 Å². The first-order valence-electron chi connectivity index (χ1n) is 7.24. The van der Waals surface area contributed by atoms with E-state index in [9.17, 15) is 4.79 Å². The van der Waals surface area contributed by atoms with Crippen LogP contribution in [0, 0.1) is 0 Å². The van der Waals surface area contributed by atoms with Gasteiger partial charge in [0.15, 0.2) is 0 Å². The lowest BCUT2D eigenvalue weighted by Crippen LogP contribution is -2.25. The Bertz CT molecular complexity index is 598. The van der Waals surface area contributed by atoms with E-state index in [4.69, 9.17) is 21.9 Å². The number of carbonyl (C=O) groups is 1. The number of hydrogen-bond donors (Lipinski definition) is 2. The Balaban J connectivity index is 1.79. The van der Waals surface area contributed by atoms with E-state index in [0.717, 1.165) is 18.4 Å². The van der Waals surface area contributed by atoms with Gasteiger partial charge in [-0.15, -0.1) is 0 Å². The Kier molecular flexibility index (Phi) is 6.36. The highest BCUT2D eigenvalue weighted by molar-refractivity contribution is 6.30. The van der Waals surface area contributed by atoms with Crippen LogP contribution in [0.25, 0.3) is 11.4 Å². The number of nitrogens with two attached hydrogens (primary N) is 1. The van der Waals surface area contributed by atoms with E-state index < -0.39 is 0 Å². The third kappa shape index (κ3) is 5.13. The fourth-order valence-corrected chi connectivity index (χ4v) is 2.00. The van der Waals surface area contributed by atoms with Gasteiger partial charge < -0.3 is 15.6 Å². The molecule has 0 saturated heterocycles. The third-order valence-corrected chi connectivity index (χ3v) is 3.34. The van der Waals surface area contributed by atoms with E-state index in [1.807, 2.05) is 12.1 Å². The zero-order valence-electron chi connectivity index (χ0n) is 12.2. The molecule has 1 amide bonds. The number of unbranched alkanes of at least 4 members (excludes halogenated alkanes) is 1. The van der Waals surface area contributed by atoms with Gasteiger partial charge in [-0.2, -0.15) is 4.98 Å². The number of aromatic nitrogens is 2. The van der Waals surface area contributed by atoms with Crippen molar-refractivity contribution in [2.75, 3.05) is 13.1 Å². The van der Waals surface area contributed by atoms with Gasteiger partial charge >= 0.3 is 0 Å². The van der Waals surface area contributed by atoms with E-state index in [1.54, 1.807) is 12.1 Å². The van der Waals surface area contributed by atoms with Crippen molar-refractivity contribution in [2.45, 2.75) is 25.7 Å². The number of hydrogen-bond acceptors (Lipinski definition) is 5. The van der Waals surface area contributed by atoms with Crippen molar-refractivity contribution in [3.63, 3.8) is 0 Å². The van der Waals surface area contributed by atoms with Crippen molar-refractivity contribution in [1.82, 2.24) is 15.5 Å². The number of nitrogens with one attached hydrogen (secondary N) is 1.